The summed E-state index contributed by atoms with van der Waals surface area (Å²) in [6, 6.07) is 18.8. The lowest BCUT2D eigenvalue weighted by molar-refractivity contribution is 0.449. The van der Waals surface area contributed by atoms with Crippen LogP contribution >= 0.6 is 0 Å². The molecule has 0 atom stereocenters. The first kappa shape index (κ1) is 23.2. The van der Waals surface area contributed by atoms with Gasteiger partial charge < -0.3 is 15.0 Å². The van der Waals surface area contributed by atoms with E-state index in [4.69, 9.17) is 15.5 Å². The number of benzene rings is 2. The minimum absolute atomic E-state index is 0.241. The van der Waals surface area contributed by atoms with E-state index < -0.39 is 6.67 Å². The number of hydrogen-bond donors (Lipinski definition) is 1. The first-order valence-electron chi connectivity index (χ1n) is 11.4. The number of anilines is 1. The smallest absolute Gasteiger partial charge is 0.234 e. The van der Waals surface area contributed by atoms with E-state index in [2.05, 4.69) is 15.0 Å². The predicted molar refractivity (Wildman–Crippen MR) is 132 cm³/mol. The number of rotatable bonds is 8. The molecule has 0 spiro atoms. The Bertz CT molecular complexity index is 1530. The number of alkyl halides is 1. The number of nitrogens with zero attached hydrogens (tertiary/aromatic N) is 6. The van der Waals surface area contributed by atoms with Gasteiger partial charge in [-0.05, 0) is 54.4 Å². The maximum absolute atomic E-state index is 13.5. The molecule has 0 bridgehead atoms. The first-order valence-corrected chi connectivity index (χ1v) is 11.4. The van der Waals surface area contributed by atoms with E-state index >= 15 is 0 Å². The molecule has 0 aliphatic carbocycles. The van der Waals surface area contributed by atoms with Crippen LogP contribution in [0.25, 0.3) is 11.2 Å². The van der Waals surface area contributed by atoms with Gasteiger partial charge in [0.1, 0.15) is 17.1 Å². The lowest BCUT2D eigenvalue weighted by atomic mass is 10.2. The van der Waals surface area contributed by atoms with Crippen molar-refractivity contribution in [2.24, 2.45) is 4.99 Å². The molecule has 0 amide bonds. The standard InChI is InChI=1S/C26H23F2N7O/c27-13-3-15-34-17-31-25-23(34)24(29)33-26(35(25)16-18-5-7-19(28)8-6-18)32-20-9-11-21(12-10-20)36-22-4-1-2-14-30-22/h1-2,4-12,14,17H,3,13,15-16H2,(H2,29,32,33). The van der Waals surface area contributed by atoms with Crippen molar-refractivity contribution in [3.8, 4) is 11.6 Å². The largest absolute Gasteiger partial charge is 0.439 e. The molecule has 36 heavy (non-hydrogen) atoms. The van der Waals surface area contributed by atoms with Crippen molar-refractivity contribution in [2.75, 3.05) is 12.4 Å². The molecule has 0 aliphatic rings. The highest BCUT2D eigenvalue weighted by atomic mass is 19.1. The van der Waals surface area contributed by atoms with Crippen molar-refractivity contribution in [2.45, 2.75) is 19.5 Å². The van der Waals surface area contributed by atoms with Crippen LogP contribution in [0.15, 0.2) is 84.2 Å². The third-order valence-electron chi connectivity index (χ3n) is 5.49. The zero-order valence-corrected chi connectivity index (χ0v) is 19.3. The Hall–Kier alpha value is -4.60. The van der Waals surface area contributed by atoms with Crippen LogP contribution in [0.3, 0.4) is 0 Å². The lowest BCUT2D eigenvalue weighted by Crippen LogP contribution is -2.27. The van der Waals surface area contributed by atoms with E-state index in [0.717, 1.165) is 5.56 Å². The third-order valence-corrected chi connectivity index (χ3v) is 5.49. The van der Waals surface area contributed by atoms with Crippen LogP contribution < -0.4 is 16.1 Å². The molecule has 0 radical (unpaired) electrons. The Balaban J connectivity index is 1.56. The van der Waals surface area contributed by atoms with Crippen LogP contribution in [0.2, 0.25) is 0 Å². The van der Waals surface area contributed by atoms with Gasteiger partial charge in [-0.25, -0.2) is 19.4 Å². The molecule has 3 heterocycles. The van der Waals surface area contributed by atoms with Crippen molar-refractivity contribution >= 4 is 22.7 Å². The Kier molecular flexibility index (Phi) is 6.65. The second-order valence-corrected chi connectivity index (χ2v) is 8.04. The highest BCUT2D eigenvalue weighted by Crippen LogP contribution is 2.23. The number of ether oxygens (including phenoxy) is 1. The number of nitrogens with two attached hydrogens (primary N) is 1. The fourth-order valence-corrected chi connectivity index (χ4v) is 3.78. The van der Waals surface area contributed by atoms with Gasteiger partial charge >= 0.3 is 0 Å². The van der Waals surface area contributed by atoms with Gasteiger partial charge in [0.2, 0.25) is 11.5 Å². The highest BCUT2D eigenvalue weighted by molar-refractivity contribution is 5.82. The monoisotopic (exact) mass is 487 g/mol. The van der Waals surface area contributed by atoms with Gasteiger partial charge in [0.25, 0.3) is 0 Å². The van der Waals surface area contributed by atoms with Crippen LogP contribution in [0.1, 0.15) is 12.0 Å². The number of hydrogen-bond acceptors (Lipinski definition) is 6. The molecule has 0 unspecified atom stereocenters. The van der Waals surface area contributed by atoms with Crippen molar-refractivity contribution in [3.05, 3.63) is 96.3 Å². The zero-order valence-electron chi connectivity index (χ0n) is 19.3. The van der Waals surface area contributed by atoms with Gasteiger partial charge in [-0.3, -0.25) is 8.96 Å². The molecular weight excluding hydrogens is 464 g/mol. The minimum atomic E-state index is -0.448. The summed E-state index contributed by atoms with van der Waals surface area (Å²) in [5.74, 6) is 1.02. The number of imidazole rings is 1. The number of nitrogen functional groups attached to an aromatic ring is 1. The van der Waals surface area contributed by atoms with Gasteiger partial charge in [-0.1, -0.05) is 18.2 Å². The summed E-state index contributed by atoms with van der Waals surface area (Å²) in [6.45, 7) is 0.309. The average molecular weight is 488 g/mol. The molecule has 0 saturated heterocycles. The van der Waals surface area contributed by atoms with Crippen molar-refractivity contribution in [1.82, 2.24) is 24.1 Å². The van der Waals surface area contributed by atoms with Crippen LogP contribution in [-0.4, -0.2) is 30.8 Å². The van der Waals surface area contributed by atoms with Crippen molar-refractivity contribution in [3.63, 3.8) is 0 Å². The lowest BCUT2D eigenvalue weighted by Gasteiger charge is -2.12. The quantitative estimate of drug-likeness (QED) is 0.340. The topological polar surface area (TPSA) is 96.1 Å². The molecule has 10 heteroatoms. The van der Waals surface area contributed by atoms with Gasteiger partial charge in [-0.15, -0.1) is 0 Å². The van der Waals surface area contributed by atoms with Crippen molar-refractivity contribution in [1.29, 1.82) is 0 Å². The summed E-state index contributed by atoms with van der Waals surface area (Å²) in [5.41, 5.74) is 9.25. The normalized spacial score (nSPS) is 11.8. The molecule has 5 aromatic rings. The number of fused-ring (bicyclic) bond motifs is 1. The van der Waals surface area contributed by atoms with E-state index in [1.165, 1.54) is 12.1 Å². The highest BCUT2D eigenvalue weighted by Gasteiger charge is 2.14. The molecular formula is C26H23F2N7O. The molecule has 0 fully saturated rings. The number of aryl methyl sites for hydroxylation is 1. The van der Waals surface area contributed by atoms with Gasteiger partial charge in [0, 0.05) is 18.8 Å². The van der Waals surface area contributed by atoms with E-state index in [0.29, 0.717) is 53.6 Å². The summed E-state index contributed by atoms with van der Waals surface area (Å²) >= 11 is 0. The van der Waals surface area contributed by atoms with E-state index in [1.54, 1.807) is 59.6 Å². The number of halogens is 2. The molecule has 0 aliphatic heterocycles. The third kappa shape index (κ3) is 5.07. The summed E-state index contributed by atoms with van der Waals surface area (Å²) in [6.07, 6.45) is 3.61. The van der Waals surface area contributed by atoms with Crippen LogP contribution in [0.4, 0.5) is 20.3 Å². The Morgan fingerprint density at radius 2 is 1.78 bits per heavy atom. The Morgan fingerprint density at radius 3 is 2.50 bits per heavy atom. The summed E-state index contributed by atoms with van der Waals surface area (Å²) < 4.78 is 35.6. The van der Waals surface area contributed by atoms with E-state index in [9.17, 15) is 8.78 Å². The second-order valence-electron chi connectivity index (χ2n) is 8.04. The summed E-state index contributed by atoms with van der Waals surface area (Å²) in [5, 5.41) is 0. The van der Waals surface area contributed by atoms with Crippen LogP contribution in [0.5, 0.6) is 11.6 Å². The van der Waals surface area contributed by atoms with Crippen LogP contribution in [-0.2, 0) is 13.1 Å². The number of aromatic nitrogens is 5. The van der Waals surface area contributed by atoms with Gasteiger partial charge in [-0.2, -0.15) is 4.98 Å². The van der Waals surface area contributed by atoms with E-state index in [-0.39, 0.29) is 11.6 Å². The first-order chi connectivity index (χ1) is 17.6. The fraction of sp³-hybridized carbons (Fsp3) is 0.154. The fourth-order valence-electron chi connectivity index (χ4n) is 3.78. The Labute approximate surface area is 205 Å². The molecule has 2 N–H and O–H groups in total. The maximum atomic E-state index is 13.5. The number of pyridine rings is 1. The maximum Gasteiger partial charge on any atom is 0.234 e. The molecule has 3 aromatic heterocycles. The molecule has 2 aromatic carbocycles. The van der Waals surface area contributed by atoms with Gasteiger partial charge in [0.15, 0.2) is 11.5 Å². The van der Waals surface area contributed by atoms with Gasteiger partial charge in [0.05, 0.1) is 25.2 Å². The molecule has 182 valence electrons. The van der Waals surface area contributed by atoms with Crippen molar-refractivity contribution < 1.29 is 13.5 Å². The molecule has 8 nitrogen and oxygen atoms in total. The minimum Gasteiger partial charge on any atom is -0.439 e. The second kappa shape index (κ2) is 10.3. The molecule has 0 saturated carbocycles. The summed E-state index contributed by atoms with van der Waals surface area (Å²) in [4.78, 5) is 17.9. The van der Waals surface area contributed by atoms with Crippen LogP contribution in [0, 0.1) is 5.82 Å². The Morgan fingerprint density at radius 1 is 0.972 bits per heavy atom. The average Bonchev–Trinajstić information content (AvgIpc) is 3.32. The SMILES string of the molecule is Nc1nc(=Nc2ccc(Oc3ccccn3)cc2)n(Cc2ccc(F)cc2)c2ncn(CCCF)c12. The zero-order chi connectivity index (χ0) is 24.9. The summed E-state index contributed by atoms with van der Waals surface area (Å²) in [7, 11) is 0. The predicted octanol–water partition coefficient (Wildman–Crippen LogP) is 4.78. The van der Waals surface area contributed by atoms with E-state index in [1.807, 2.05) is 16.7 Å². The molecule has 5 rings (SSSR count).